The summed E-state index contributed by atoms with van der Waals surface area (Å²) >= 11 is 6.16. The Kier molecular flexibility index (Phi) is 3.15. The summed E-state index contributed by atoms with van der Waals surface area (Å²) in [5.41, 5.74) is 4.62. The first-order valence-corrected chi connectivity index (χ1v) is 6.85. The standard InChI is InChI=1S/C15H16ClN3/c1-9-10(2)18-15(14(16)17-9)19-13-7-11-5-3-4-6-12(11)8-13/h3-6,13H,7-8H2,1-2H3,(H,18,19). The molecule has 1 heterocycles. The molecule has 0 radical (unpaired) electrons. The number of halogens is 1. The van der Waals surface area contributed by atoms with Crippen molar-refractivity contribution in [2.75, 3.05) is 5.32 Å². The van der Waals surface area contributed by atoms with Gasteiger partial charge >= 0.3 is 0 Å². The van der Waals surface area contributed by atoms with Crippen LogP contribution in [0.2, 0.25) is 5.15 Å². The number of anilines is 1. The molecule has 3 nitrogen and oxygen atoms in total. The second-order valence-electron chi connectivity index (χ2n) is 5.05. The first kappa shape index (κ1) is 12.4. The zero-order valence-corrected chi connectivity index (χ0v) is 11.8. The van der Waals surface area contributed by atoms with E-state index in [4.69, 9.17) is 11.6 Å². The third-order valence-corrected chi connectivity index (χ3v) is 3.92. The third-order valence-electron chi connectivity index (χ3n) is 3.66. The molecule has 1 N–H and O–H groups in total. The van der Waals surface area contributed by atoms with Crippen LogP contribution in [-0.4, -0.2) is 16.0 Å². The maximum Gasteiger partial charge on any atom is 0.171 e. The van der Waals surface area contributed by atoms with Gasteiger partial charge in [-0.3, -0.25) is 0 Å². The van der Waals surface area contributed by atoms with E-state index in [2.05, 4.69) is 39.6 Å². The first-order valence-electron chi connectivity index (χ1n) is 6.47. The van der Waals surface area contributed by atoms with Gasteiger partial charge in [0.1, 0.15) is 0 Å². The lowest BCUT2D eigenvalue weighted by molar-refractivity contribution is 0.765. The summed E-state index contributed by atoms with van der Waals surface area (Å²) in [5, 5.41) is 3.88. The maximum atomic E-state index is 6.16. The average molecular weight is 274 g/mol. The van der Waals surface area contributed by atoms with Crippen LogP contribution in [0.4, 0.5) is 5.82 Å². The highest BCUT2D eigenvalue weighted by atomic mass is 35.5. The highest BCUT2D eigenvalue weighted by molar-refractivity contribution is 6.31. The molecular formula is C15H16ClN3. The van der Waals surface area contributed by atoms with Gasteiger partial charge in [0.15, 0.2) is 11.0 Å². The van der Waals surface area contributed by atoms with Crippen molar-refractivity contribution < 1.29 is 0 Å². The SMILES string of the molecule is Cc1nc(Cl)c(NC2Cc3ccccc3C2)nc1C. The molecular weight excluding hydrogens is 258 g/mol. The van der Waals surface area contributed by atoms with Gasteiger partial charge in [0.05, 0.1) is 11.4 Å². The Labute approximate surface area is 118 Å². The third kappa shape index (κ3) is 2.43. The van der Waals surface area contributed by atoms with Crippen molar-refractivity contribution in [2.45, 2.75) is 32.7 Å². The minimum atomic E-state index is 0.353. The van der Waals surface area contributed by atoms with E-state index >= 15 is 0 Å². The van der Waals surface area contributed by atoms with Crippen molar-refractivity contribution in [3.05, 3.63) is 51.9 Å². The highest BCUT2D eigenvalue weighted by Crippen LogP contribution is 2.26. The number of hydrogen-bond donors (Lipinski definition) is 1. The Morgan fingerprint density at radius 1 is 1.05 bits per heavy atom. The predicted octanol–water partition coefficient (Wildman–Crippen LogP) is 3.33. The maximum absolute atomic E-state index is 6.16. The lowest BCUT2D eigenvalue weighted by Gasteiger charge is -2.14. The number of fused-ring (bicyclic) bond motifs is 1. The highest BCUT2D eigenvalue weighted by Gasteiger charge is 2.22. The number of hydrogen-bond acceptors (Lipinski definition) is 3. The van der Waals surface area contributed by atoms with Crippen LogP contribution in [0.25, 0.3) is 0 Å². The van der Waals surface area contributed by atoms with Gasteiger partial charge in [0.25, 0.3) is 0 Å². The summed E-state index contributed by atoms with van der Waals surface area (Å²) in [4.78, 5) is 8.80. The number of aryl methyl sites for hydroxylation is 2. The van der Waals surface area contributed by atoms with Gasteiger partial charge in [0, 0.05) is 6.04 Å². The summed E-state index contributed by atoms with van der Waals surface area (Å²) < 4.78 is 0. The average Bonchev–Trinajstić information content (AvgIpc) is 2.78. The Hall–Kier alpha value is -1.61. The van der Waals surface area contributed by atoms with E-state index in [-0.39, 0.29) is 0 Å². The molecule has 0 bridgehead atoms. The fraction of sp³-hybridized carbons (Fsp3) is 0.333. The van der Waals surface area contributed by atoms with Crippen molar-refractivity contribution in [2.24, 2.45) is 0 Å². The Morgan fingerprint density at radius 2 is 1.63 bits per heavy atom. The lowest BCUT2D eigenvalue weighted by Crippen LogP contribution is -2.21. The molecule has 1 aliphatic carbocycles. The minimum absolute atomic E-state index is 0.353. The van der Waals surface area contributed by atoms with Crippen molar-refractivity contribution in [3.8, 4) is 0 Å². The fourth-order valence-electron chi connectivity index (χ4n) is 2.52. The van der Waals surface area contributed by atoms with Crippen molar-refractivity contribution in [1.82, 2.24) is 9.97 Å². The molecule has 1 aliphatic rings. The summed E-state index contributed by atoms with van der Waals surface area (Å²) in [6.45, 7) is 3.87. The molecule has 0 amide bonds. The number of aromatic nitrogens is 2. The topological polar surface area (TPSA) is 37.8 Å². The normalized spacial score (nSPS) is 14.5. The van der Waals surface area contributed by atoms with E-state index < -0.39 is 0 Å². The van der Waals surface area contributed by atoms with Crippen LogP contribution < -0.4 is 5.32 Å². The van der Waals surface area contributed by atoms with Crippen LogP contribution in [0.3, 0.4) is 0 Å². The Bertz CT molecular complexity index is 600. The summed E-state index contributed by atoms with van der Waals surface area (Å²) in [6, 6.07) is 8.90. The molecule has 0 spiro atoms. The van der Waals surface area contributed by atoms with Gasteiger partial charge in [-0.1, -0.05) is 35.9 Å². The van der Waals surface area contributed by atoms with Gasteiger partial charge in [-0.05, 0) is 37.8 Å². The molecule has 0 aliphatic heterocycles. The monoisotopic (exact) mass is 273 g/mol. The molecule has 0 unspecified atom stereocenters. The number of rotatable bonds is 2. The van der Waals surface area contributed by atoms with E-state index in [9.17, 15) is 0 Å². The molecule has 1 aromatic heterocycles. The van der Waals surface area contributed by atoms with Gasteiger partial charge < -0.3 is 5.32 Å². The molecule has 1 aromatic carbocycles. The van der Waals surface area contributed by atoms with Gasteiger partial charge in [-0.2, -0.15) is 0 Å². The summed E-state index contributed by atoms with van der Waals surface area (Å²) in [6.07, 6.45) is 2.03. The van der Waals surface area contributed by atoms with Crippen molar-refractivity contribution in [1.29, 1.82) is 0 Å². The van der Waals surface area contributed by atoms with Crippen LogP contribution in [0, 0.1) is 13.8 Å². The predicted molar refractivity (Wildman–Crippen MR) is 77.8 cm³/mol. The fourth-order valence-corrected chi connectivity index (χ4v) is 2.75. The number of nitrogens with zero attached hydrogens (tertiary/aromatic N) is 2. The molecule has 3 rings (SSSR count). The largest absolute Gasteiger partial charge is 0.364 e. The molecule has 98 valence electrons. The zero-order chi connectivity index (χ0) is 13.4. The van der Waals surface area contributed by atoms with E-state index in [1.807, 2.05) is 13.8 Å². The minimum Gasteiger partial charge on any atom is -0.364 e. The van der Waals surface area contributed by atoms with Crippen LogP contribution in [0.1, 0.15) is 22.5 Å². The van der Waals surface area contributed by atoms with E-state index in [0.717, 1.165) is 24.2 Å². The van der Waals surface area contributed by atoms with Crippen LogP contribution in [0.15, 0.2) is 24.3 Å². The molecule has 19 heavy (non-hydrogen) atoms. The number of nitrogens with one attached hydrogen (secondary N) is 1. The molecule has 0 fully saturated rings. The second-order valence-corrected chi connectivity index (χ2v) is 5.41. The van der Waals surface area contributed by atoms with Crippen molar-refractivity contribution >= 4 is 17.4 Å². The quantitative estimate of drug-likeness (QED) is 0.912. The Balaban J connectivity index is 1.79. The van der Waals surface area contributed by atoms with Crippen LogP contribution in [0.5, 0.6) is 0 Å². The van der Waals surface area contributed by atoms with Crippen LogP contribution >= 0.6 is 11.6 Å². The lowest BCUT2D eigenvalue weighted by atomic mass is 10.1. The summed E-state index contributed by atoms with van der Waals surface area (Å²) in [5.74, 6) is 0.697. The van der Waals surface area contributed by atoms with Gasteiger partial charge in [-0.25, -0.2) is 9.97 Å². The number of benzene rings is 1. The van der Waals surface area contributed by atoms with E-state index in [1.54, 1.807) is 0 Å². The van der Waals surface area contributed by atoms with Crippen LogP contribution in [-0.2, 0) is 12.8 Å². The summed E-state index contributed by atoms with van der Waals surface area (Å²) in [7, 11) is 0. The second kappa shape index (κ2) is 4.82. The molecule has 0 atom stereocenters. The smallest absolute Gasteiger partial charge is 0.171 e. The molecule has 2 aromatic rings. The van der Waals surface area contributed by atoms with E-state index in [0.29, 0.717) is 17.0 Å². The van der Waals surface area contributed by atoms with Crippen molar-refractivity contribution in [3.63, 3.8) is 0 Å². The molecule has 0 saturated carbocycles. The van der Waals surface area contributed by atoms with Gasteiger partial charge in [-0.15, -0.1) is 0 Å². The zero-order valence-electron chi connectivity index (χ0n) is 11.1. The van der Waals surface area contributed by atoms with Gasteiger partial charge in [0.2, 0.25) is 0 Å². The molecule has 0 saturated heterocycles. The molecule has 4 heteroatoms. The first-order chi connectivity index (χ1) is 9.13. The Morgan fingerprint density at radius 3 is 2.26 bits per heavy atom. The van der Waals surface area contributed by atoms with E-state index in [1.165, 1.54) is 11.1 Å².